The molecule has 1 aromatic carbocycles. The lowest BCUT2D eigenvalue weighted by Gasteiger charge is -2.21. The first-order valence-corrected chi connectivity index (χ1v) is 7.98. The van der Waals surface area contributed by atoms with Crippen molar-refractivity contribution in [1.29, 1.82) is 0 Å². The predicted octanol–water partition coefficient (Wildman–Crippen LogP) is 3.51. The summed E-state index contributed by atoms with van der Waals surface area (Å²) in [5.41, 5.74) is 2.52. The Balaban J connectivity index is 1.95. The van der Waals surface area contributed by atoms with Crippen molar-refractivity contribution in [2.45, 2.75) is 45.8 Å². The lowest BCUT2D eigenvalue weighted by molar-refractivity contribution is 0.134. The van der Waals surface area contributed by atoms with E-state index in [2.05, 4.69) is 41.4 Å². The largest absolute Gasteiger partial charge is 0.382 e. The summed E-state index contributed by atoms with van der Waals surface area (Å²) in [6, 6.07) is 9.12. The Morgan fingerprint density at radius 1 is 1.20 bits per heavy atom. The number of nitrogens with one attached hydrogen (secondary N) is 1. The van der Waals surface area contributed by atoms with Gasteiger partial charge in [0.25, 0.3) is 0 Å². The van der Waals surface area contributed by atoms with E-state index in [1.54, 1.807) is 0 Å². The summed E-state index contributed by atoms with van der Waals surface area (Å²) in [6.07, 6.45) is 3.79. The van der Waals surface area contributed by atoms with E-state index < -0.39 is 0 Å². The molecule has 1 aliphatic heterocycles. The number of likely N-dealkylation sites (tertiary alicyclic amines) is 1. The van der Waals surface area contributed by atoms with Gasteiger partial charge in [-0.1, -0.05) is 25.1 Å². The number of benzene rings is 1. The molecule has 0 radical (unpaired) electrons. The molecule has 3 heteroatoms. The van der Waals surface area contributed by atoms with Crippen LogP contribution in [-0.2, 0) is 11.3 Å². The van der Waals surface area contributed by atoms with Crippen LogP contribution in [0, 0.1) is 0 Å². The van der Waals surface area contributed by atoms with E-state index in [-0.39, 0.29) is 0 Å². The fraction of sp³-hybridized carbons (Fsp3) is 0.647. The Bertz CT molecular complexity index is 394. The molecule has 3 nitrogen and oxygen atoms in total. The Morgan fingerprint density at radius 3 is 2.85 bits per heavy atom. The van der Waals surface area contributed by atoms with Crippen molar-refractivity contribution >= 4 is 5.69 Å². The van der Waals surface area contributed by atoms with E-state index in [1.165, 1.54) is 50.1 Å². The number of rotatable bonds is 6. The van der Waals surface area contributed by atoms with Gasteiger partial charge in [-0.05, 0) is 45.3 Å². The van der Waals surface area contributed by atoms with Crippen LogP contribution in [0.3, 0.4) is 0 Å². The van der Waals surface area contributed by atoms with Crippen molar-refractivity contribution in [2.75, 3.05) is 31.6 Å². The summed E-state index contributed by atoms with van der Waals surface area (Å²) >= 11 is 0. The van der Waals surface area contributed by atoms with Gasteiger partial charge in [0.15, 0.2) is 0 Å². The molecule has 1 fully saturated rings. The molecule has 0 spiro atoms. The predicted molar refractivity (Wildman–Crippen MR) is 85.1 cm³/mol. The zero-order valence-electron chi connectivity index (χ0n) is 12.9. The molecule has 1 aliphatic rings. The average molecular weight is 276 g/mol. The van der Waals surface area contributed by atoms with Crippen LogP contribution in [0.25, 0.3) is 0 Å². The van der Waals surface area contributed by atoms with Gasteiger partial charge in [0.05, 0.1) is 6.61 Å². The molecule has 1 heterocycles. The number of hydrogen-bond acceptors (Lipinski definition) is 3. The Labute approximate surface area is 123 Å². The van der Waals surface area contributed by atoms with E-state index in [4.69, 9.17) is 4.74 Å². The van der Waals surface area contributed by atoms with Gasteiger partial charge in [-0.2, -0.15) is 0 Å². The highest BCUT2D eigenvalue weighted by atomic mass is 16.5. The van der Waals surface area contributed by atoms with E-state index in [0.717, 1.165) is 6.61 Å². The molecule has 0 bridgehead atoms. The van der Waals surface area contributed by atoms with Crippen molar-refractivity contribution in [1.82, 2.24) is 4.90 Å². The smallest absolute Gasteiger partial charge is 0.0736 e. The topological polar surface area (TPSA) is 24.5 Å². The normalized spacial score (nSPS) is 20.6. The highest BCUT2D eigenvalue weighted by Crippen LogP contribution is 2.21. The molecule has 1 saturated heterocycles. The molecular formula is C17H28N2O. The minimum atomic E-state index is 0.592. The molecule has 0 saturated carbocycles. The maximum absolute atomic E-state index is 5.56. The first kappa shape index (κ1) is 15.3. The monoisotopic (exact) mass is 276 g/mol. The van der Waals surface area contributed by atoms with Crippen LogP contribution in [0.1, 0.15) is 38.7 Å². The third-order valence-electron chi connectivity index (χ3n) is 4.11. The molecule has 1 aromatic rings. The molecule has 112 valence electrons. The highest BCUT2D eigenvalue weighted by molar-refractivity contribution is 5.51. The van der Waals surface area contributed by atoms with Gasteiger partial charge in [-0.3, -0.25) is 0 Å². The van der Waals surface area contributed by atoms with Crippen LogP contribution in [0.15, 0.2) is 24.3 Å². The Kier molecular flexibility index (Phi) is 6.34. The Morgan fingerprint density at radius 2 is 2.05 bits per heavy atom. The quantitative estimate of drug-likeness (QED) is 0.860. The number of para-hydroxylation sites is 1. The van der Waals surface area contributed by atoms with Crippen molar-refractivity contribution in [3.8, 4) is 0 Å². The molecule has 1 atom stereocenters. The van der Waals surface area contributed by atoms with Crippen molar-refractivity contribution in [2.24, 2.45) is 0 Å². The molecule has 20 heavy (non-hydrogen) atoms. The number of anilines is 1. The second-order valence-corrected chi connectivity index (χ2v) is 5.50. The zero-order chi connectivity index (χ0) is 14.2. The van der Waals surface area contributed by atoms with Gasteiger partial charge in [-0.25, -0.2) is 0 Å². The van der Waals surface area contributed by atoms with Gasteiger partial charge in [0, 0.05) is 30.4 Å². The fourth-order valence-corrected chi connectivity index (χ4v) is 2.84. The maximum Gasteiger partial charge on any atom is 0.0736 e. The van der Waals surface area contributed by atoms with Crippen LogP contribution in [0.4, 0.5) is 5.69 Å². The summed E-state index contributed by atoms with van der Waals surface area (Å²) in [5, 5.41) is 3.74. The van der Waals surface area contributed by atoms with E-state index >= 15 is 0 Å². The minimum absolute atomic E-state index is 0.592. The van der Waals surface area contributed by atoms with Gasteiger partial charge in [-0.15, -0.1) is 0 Å². The van der Waals surface area contributed by atoms with Gasteiger partial charge >= 0.3 is 0 Å². The molecule has 1 unspecified atom stereocenters. The third-order valence-corrected chi connectivity index (χ3v) is 4.11. The third kappa shape index (κ3) is 4.50. The van der Waals surface area contributed by atoms with Crippen LogP contribution in [0.2, 0.25) is 0 Å². The summed E-state index contributed by atoms with van der Waals surface area (Å²) in [7, 11) is 0. The number of hydrogen-bond donors (Lipinski definition) is 1. The van der Waals surface area contributed by atoms with Crippen LogP contribution >= 0.6 is 0 Å². The van der Waals surface area contributed by atoms with Crippen LogP contribution in [-0.4, -0.2) is 37.2 Å². The van der Waals surface area contributed by atoms with Crippen molar-refractivity contribution in [3.63, 3.8) is 0 Å². The van der Waals surface area contributed by atoms with Crippen LogP contribution in [0.5, 0.6) is 0 Å². The molecule has 0 amide bonds. The standard InChI is InChI=1S/C17H28N2O/c1-3-19-12-7-9-16(11-13-19)18-17-10-6-5-8-15(17)14-20-4-2/h5-6,8,10,16,18H,3-4,7,9,11-14H2,1-2H3. The maximum atomic E-state index is 5.56. The summed E-state index contributed by atoms with van der Waals surface area (Å²) in [4.78, 5) is 2.55. The lowest BCUT2D eigenvalue weighted by atomic mass is 10.1. The number of nitrogens with zero attached hydrogens (tertiary/aromatic N) is 1. The van der Waals surface area contributed by atoms with E-state index in [0.29, 0.717) is 12.6 Å². The van der Waals surface area contributed by atoms with Crippen molar-refractivity contribution < 1.29 is 4.74 Å². The molecular weight excluding hydrogens is 248 g/mol. The van der Waals surface area contributed by atoms with E-state index in [1.807, 2.05) is 6.92 Å². The fourth-order valence-electron chi connectivity index (χ4n) is 2.84. The van der Waals surface area contributed by atoms with Gasteiger partial charge < -0.3 is 15.0 Å². The van der Waals surface area contributed by atoms with E-state index in [9.17, 15) is 0 Å². The second-order valence-electron chi connectivity index (χ2n) is 5.50. The molecule has 1 N–H and O–H groups in total. The molecule has 0 aromatic heterocycles. The summed E-state index contributed by atoms with van der Waals surface area (Å²) < 4.78 is 5.56. The first-order chi connectivity index (χ1) is 9.83. The first-order valence-electron chi connectivity index (χ1n) is 7.98. The number of ether oxygens (including phenoxy) is 1. The Hall–Kier alpha value is -1.06. The van der Waals surface area contributed by atoms with Crippen molar-refractivity contribution in [3.05, 3.63) is 29.8 Å². The summed E-state index contributed by atoms with van der Waals surface area (Å²) in [5.74, 6) is 0. The zero-order valence-corrected chi connectivity index (χ0v) is 12.9. The average Bonchev–Trinajstić information content (AvgIpc) is 2.71. The minimum Gasteiger partial charge on any atom is -0.382 e. The van der Waals surface area contributed by atoms with Gasteiger partial charge in [0.2, 0.25) is 0 Å². The SMILES string of the molecule is CCOCc1ccccc1NC1CCCN(CC)CC1. The molecule has 2 rings (SSSR count). The lowest BCUT2D eigenvalue weighted by Crippen LogP contribution is -2.26. The highest BCUT2D eigenvalue weighted by Gasteiger charge is 2.16. The molecule has 0 aliphatic carbocycles. The summed E-state index contributed by atoms with van der Waals surface area (Å²) in [6.45, 7) is 9.40. The van der Waals surface area contributed by atoms with Gasteiger partial charge in [0.1, 0.15) is 0 Å². The second kappa shape index (κ2) is 8.28. The van der Waals surface area contributed by atoms with Crippen LogP contribution < -0.4 is 5.32 Å².